The van der Waals surface area contributed by atoms with Gasteiger partial charge in [-0.05, 0) is 33.7 Å². The van der Waals surface area contributed by atoms with Crippen LogP contribution in [-0.4, -0.2) is 57.9 Å². The van der Waals surface area contributed by atoms with E-state index in [2.05, 4.69) is 5.32 Å². The van der Waals surface area contributed by atoms with E-state index in [1.54, 1.807) is 7.05 Å². The molecular formula is C13H27N3O6. The fourth-order valence-corrected chi connectivity index (χ4v) is 1.37. The Hall–Kier alpha value is -1.71. The third-order valence-corrected chi connectivity index (χ3v) is 2.80. The molecule has 1 aliphatic rings. The smallest absolute Gasteiger partial charge is 0.323 e. The Bertz CT molecular complexity index is 372. The molecule has 9 nitrogen and oxygen atoms in total. The lowest BCUT2D eigenvalue weighted by Gasteiger charge is -2.15. The zero-order valence-corrected chi connectivity index (χ0v) is 13.3. The topological polar surface area (TPSA) is 176 Å². The molecule has 0 radical (unpaired) electrons. The molecule has 9 heteroatoms. The molecule has 130 valence electrons. The summed E-state index contributed by atoms with van der Waals surface area (Å²) in [6.45, 7) is 2.92. The van der Waals surface area contributed by atoms with E-state index in [1.165, 1.54) is 13.8 Å². The van der Waals surface area contributed by atoms with Gasteiger partial charge in [0.25, 0.3) is 0 Å². The van der Waals surface area contributed by atoms with Crippen molar-refractivity contribution < 1.29 is 29.7 Å². The van der Waals surface area contributed by atoms with Crippen molar-refractivity contribution in [3.8, 4) is 0 Å². The Labute approximate surface area is 129 Å². The van der Waals surface area contributed by atoms with E-state index in [0.717, 1.165) is 12.8 Å². The summed E-state index contributed by atoms with van der Waals surface area (Å²) in [6, 6.07) is 0. The number of nitrogens with one attached hydrogen (secondary N) is 1. The van der Waals surface area contributed by atoms with Gasteiger partial charge < -0.3 is 32.1 Å². The van der Waals surface area contributed by atoms with Crippen LogP contribution in [0.4, 0.5) is 0 Å². The molecule has 0 aromatic rings. The van der Waals surface area contributed by atoms with Gasteiger partial charge >= 0.3 is 17.9 Å². The van der Waals surface area contributed by atoms with E-state index in [4.69, 9.17) is 26.8 Å². The SMILES string of the molecule is CC(C)(N)C(=O)O.CNCC(=O)O.NC1(C(=O)O)CCCC1. The van der Waals surface area contributed by atoms with Crippen molar-refractivity contribution in [2.45, 2.75) is 50.6 Å². The summed E-state index contributed by atoms with van der Waals surface area (Å²) in [5.41, 5.74) is 8.61. The minimum Gasteiger partial charge on any atom is -0.480 e. The average Bonchev–Trinajstić information content (AvgIpc) is 2.77. The summed E-state index contributed by atoms with van der Waals surface area (Å²) in [5, 5.41) is 27.0. The molecule has 0 spiro atoms. The maximum absolute atomic E-state index is 10.4. The van der Waals surface area contributed by atoms with Crippen molar-refractivity contribution in [3.63, 3.8) is 0 Å². The maximum Gasteiger partial charge on any atom is 0.323 e. The van der Waals surface area contributed by atoms with Gasteiger partial charge in [0, 0.05) is 0 Å². The third-order valence-electron chi connectivity index (χ3n) is 2.80. The largest absolute Gasteiger partial charge is 0.480 e. The fourth-order valence-electron chi connectivity index (χ4n) is 1.37. The standard InChI is InChI=1S/C6H11NO2.C4H9NO2.C3H7NO2/c7-6(5(8)9)3-1-2-4-6;1-4(2,5)3(6)7;1-4-2-3(5)6/h1-4,7H2,(H,8,9);5H2,1-2H3,(H,6,7);4H,2H2,1H3,(H,5,6). The molecule has 0 saturated heterocycles. The summed E-state index contributed by atoms with van der Waals surface area (Å²) in [4.78, 5) is 29.8. The first-order valence-corrected chi connectivity index (χ1v) is 6.77. The van der Waals surface area contributed by atoms with Crippen LogP contribution in [0.2, 0.25) is 0 Å². The van der Waals surface area contributed by atoms with Crippen molar-refractivity contribution in [1.29, 1.82) is 0 Å². The van der Waals surface area contributed by atoms with Crippen LogP contribution in [0.3, 0.4) is 0 Å². The molecule has 0 heterocycles. The molecule has 0 aliphatic heterocycles. The van der Waals surface area contributed by atoms with Gasteiger partial charge in [-0.15, -0.1) is 0 Å². The van der Waals surface area contributed by atoms with Crippen LogP contribution in [0.1, 0.15) is 39.5 Å². The van der Waals surface area contributed by atoms with Gasteiger partial charge in [-0.25, -0.2) is 0 Å². The Morgan fingerprint density at radius 3 is 1.59 bits per heavy atom. The number of rotatable bonds is 4. The van der Waals surface area contributed by atoms with Gasteiger partial charge in [-0.3, -0.25) is 14.4 Å². The third kappa shape index (κ3) is 11.0. The number of likely N-dealkylation sites (N-methyl/N-ethyl adjacent to an activating group) is 1. The number of aliphatic carboxylic acids is 3. The Morgan fingerprint density at radius 2 is 1.50 bits per heavy atom. The summed E-state index contributed by atoms with van der Waals surface area (Å²) >= 11 is 0. The highest BCUT2D eigenvalue weighted by molar-refractivity contribution is 5.78. The second-order valence-electron chi connectivity index (χ2n) is 5.62. The van der Waals surface area contributed by atoms with Crippen LogP contribution in [0.25, 0.3) is 0 Å². The molecule has 1 rings (SSSR count). The molecule has 0 aromatic heterocycles. The Morgan fingerprint density at radius 1 is 1.14 bits per heavy atom. The molecule has 0 amide bonds. The Kier molecular flexibility index (Phi) is 10.4. The van der Waals surface area contributed by atoms with Gasteiger partial charge in [0.05, 0.1) is 6.54 Å². The lowest BCUT2D eigenvalue weighted by atomic mass is 10.0. The van der Waals surface area contributed by atoms with Crippen molar-refractivity contribution in [3.05, 3.63) is 0 Å². The quantitative estimate of drug-likeness (QED) is 0.396. The van der Waals surface area contributed by atoms with E-state index in [9.17, 15) is 14.4 Å². The second kappa shape index (κ2) is 10.1. The van der Waals surface area contributed by atoms with Gasteiger partial charge in [-0.1, -0.05) is 12.8 Å². The molecular weight excluding hydrogens is 294 g/mol. The lowest BCUT2D eigenvalue weighted by molar-refractivity contribution is -0.143. The number of nitrogens with two attached hydrogens (primary N) is 2. The zero-order chi connectivity index (χ0) is 18.0. The first kappa shape index (κ1) is 22.6. The molecule has 1 aliphatic carbocycles. The van der Waals surface area contributed by atoms with Crippen LogP contribution < -0.4 is 16.8 Å². The normalized spacial score (nSPS) is 15.7. The minimum atomic E-state index is -1.08. The highest BCUT2D eigenvalue weighted by Crippen LogP contribution is 2.26. The van der Waals surface area contributed by atoms with Crippen LogP contribution in [0.15, 0.2) is 0 Å². The highest BCUT2D eigenvalue weighted by Gasteiger charge is 2.36. The van der Waals surface area contributed by atoms with E-state index in [-0.39, 0.29) is 6.54 Å². The summed E-state index contributed by atoms with van der Waals surface area (Å²) < 4.78 is 0. The fraction of sp³-hybridized carbons (Fsp3) is 0.769. The monoisotopic (exact) mass is 321 g/mol. The predicted octanol–water partition coefficient (Wildman–Crippen LogP) is -0.559. The first-order chi connectivity index (χ1) is 9.86. The van der Waals surface area contributed by atoms with Gasteiger partial charge in [-0.2, -0.15) is 0 Å². The number of carboxylic acids is 3. The van der Waals surface area contributed by atoms with E-state index in [0.29, 0.717) is 12.8 Å². The zero-order valence-electron chi connectivity index (χ0n) is 13.3. The first-order valence-electron chi connectivity index (χ1n) is 6.77. The average molecular weight is 321 g/mol. The molecule has 1 saturated carbocycles. The maximum atomic E-state index is 10.4. The van der Waals surface area contributed by atoms with Gasteiger partial charge in [0.2, 0.25) is 0 Å². The summed E-state index contributed by atoms with van der Waals surface area (Å²) in [6.07, 6.45) is 3.20. The molecule has 0 atom stereocenters. The van der Waals surface area contributed by atoms with Gasteiger partial charge in [0.15, 0.2) is 0 Å². The number of carbonyl (C=O) groups is 3. The summed E-state index contributed by atoms with van der Waals surface area (Å²) in [5.74, 6) is -2.65. The molecule has 0 unspecified atom stereocenters. The van der Waals surface area contributed by atoms with Crippen LogP contribution >= 0.6 is 0 Å². The predicted molar refractivity (Wildman–Crippen MR) is 80.5 cm³/mol. The second-order valence-corrected chi connectivity index (χ2v) is 5.62. The van der Waals surface area contributed by atoms with Crippen molar-refractivity contribution in [1.82, 2.24) is 5.32 Å². The Balaban J connectivity index is 0. The van der Waals surface area contributed by atoms with Crippen LogP contribution in [-0.2, 0) is 14.4 Å². The molecule has 0 bridgehead atoms. The van der Waals surface area contributed by atoms with Crippen LogP contribution in [0.5, 0.6) is 0 Å². The number of hydrogen-bond donors (Lipinski definition) is 6. The van der Waals surface area contributed by atoms with Crippen molar-refractivity contribution >= 4 is 17.9 Å². The molecule has 0 aromatic carbocycles. The van der Waals surface area contributed by atoms with Crippen molar-refractivity contribution in [2.24, 2.45) is 11.5 Å². The van der Waals surface area contributed by atoms with E-state index >= 15 is 0 Å². The summed E-state index contributed by atoms with van der Waals surface area (Å²) in [7, 11) is 1.59. The minimum absolute atomic E-state index is 0.0417. The van der Waals surface area contributed by atoms with Gasteiger partial charge in [0.1, 0.15) is 11.1 Å². The van der Waals surface area contributed by atoms with Crippen LogP contribution in [0, 0.1) is 0 Å². The molecule has 22 heavy (non-hydrogen) atoms. The molecule has 1 fully saturated rings. The van der Waals surface area contributed by atoms with E-state index in [1.807, 2.05) is 0 Å². The number of carboxylic acid groups (broad SMARTS) is 3. The molecule has 8 N–H and O–H groups in total. The highest BCUT2D eigenvalue weighted by atomic mass is 16.4. The number of hydrogen-bond acceptors (Lipinski definition) is 6. The van der Waals surface area contributed by atoms with E-state index < -0.39 is 29.0 Å². The lowest BCUT2D eigenvalue weighted by Crippen LogP contribution is -2.44. The van der Waals surface area contributed by atoms with Crippen molar-refractivity contribution in [2.75, 3.05) is 13.6 Å².